The number of rotatable bonds is 5. The molecule has 0 fully saturated rings. The van der Waals surface area contributed by atoms with E-state index < -0.39 is 0 Å². The number of aromatic nitrogens is 1. The van der Waals surface area contributed by atoms with Gasteiger partial charge in [-0.15, -0.1) is 0 Å². The van der Waals surface area contributed by atoms with Crippen LogP contribution in [0.2, 0.25) is 0 Å². The van der Waals surface area contributed by atoms with Crippen molar-refractivity contribution in [1.82, 2.24) is 4.57 Å². The molecule has 28 heavy (non-hydrogen) atoms. The van der Waals surface area contributed by atoms with Crippen LogP contribution in [0.1, 0.15) is 18.1 Å². The van der Waals surface area contributed by atoms with Gasteiger partial charge < -0.3 is 14.6 Å². The molecule has 0 bridgehead atoms. The topological polar surface area (TPSA) is 43.3 Å². The third-order valence-electron chi connectivity index (χ3n) is 5.13. The van der Waals surface area contributed by atoms with Crippen molar-refractivity contribution >= 4 is 33.4 Å². The summed E-state index contributed by atoms with van der Waals surface area (Å²) in [6.07, 6.45) is 0. The Morgan fingerprint density at radius 2 is 1.64 bits per heavy atom. The largest absolute Gasteiger partial charge is 0.483 e. The van der Waals surface area contributed by atoms with Crippen molar-refractivity contribution in [2.45, 2.75) is 27.3 Å². The van der Waals surface area contributed by atoms with Crippen LogP contribution >= 0.6 is 0 Å². The molecule has 1 heterocycles. The zero-order valence-corrected chi connectivity index (χ0v) is 16.5. The molecule has 0 saturated carbocycles. The summed E-state index contributed by atoms with van der Waals surface area (Å²) in [7, 11) is 0. The SMILES string of the molecule is CCn1c2ccccc2c2cc(NC(=O)COc3c(C)cccc3C)ccc21. The van der Waals surface area contributed by atoms with E-state index in [1.54, 1.807) is 0 Å². The number of anilines is 1. The molecule has 0 aliphatic carbocycles. The van der Waals surface area contributed by atoms with Crippen molar-refractivity contribution in [1.29, 1.82) is 0 Å². The molecule has 0 saturated heterocycles. The van der Waals surface area contributed by atoms with Crippen LogP contribution in [-0.4, -0.2) is 17.1 Å². The van der Waals surface area contributed by atoms with Crippen molar-refractivity contribution in [3.63, 3.8) is 0 Å². The zero-order chi connectivity index (χ0) is 19.7. The third kappa shape index (κ3) is 3.22. The lowest BCUT2D eigenvalue weighted by atomic mass is 10.1. The molecule has 4 heteroatoms. The van der Waals surface area contributed by atoms with Crippen molar-refractivity contribution in [3.05, 3.63) is 71.8 Å². The number of benzene rings is 3. The maximum Gasteiger partial charge on any atom is 0.262 e. The summed E-state index contributed by atoms with van der Waals surface area (Å²) in [6, 6.07) is 20.4. The minimum absolute atomic E-state index is 0.0134. The fraction of sp³-hybridized carbons (Fsp3) is 0.208. The van der Waals surface area contributed by atoms with E-state index in [0.29, 0.717) is 0 Å². The van der Waals surface area contributed by atoms with E-state index in [1.165, 1.54) is 16.4 Å². The molecule has 3 aromatic carbocycles. The predicted molar refractivity (Wildman–Crippen MR) is 115 cm³/mol. The van der Waals surface area contributed by atoms with Crippen molar-refractivity contribution in [2.75, 3.05) is 11.9 Å². The minimum atomic E-state index is -0.166. The summed E-state index contributed by atoms with van der Waals surface area (Å²) >= 11 is 0. The molecule has 142 valence electrons. The molecule has 1 N–H and O–H groups in total. The maximum absolute atomic E-state index is 12.4. The van der Waals surface area contributed by atoms with Gasteiger partial charge >= 0.3 is 0 Å². The average molecular weight is 372 g/mol. The molecular formula is C24H24N2O2. The summed E-state index contributed by atoms with van der Waals surface area (Å²) in [5, 5.41) is 5.30. The second kappa shape index (κ2) is 7.39. The number of nitrogens with one attached hydrogen (secondary N) is 1. The molecule has 0 aliphatic rings. The van der Waals surface area contributed by atoms with Crippen LogP contribution in [0, 0.1) is 13.8 Å². The first-order chi connectivity index (χ1) is 13.6. The van der Waals surface area contributed by atoms with Crippen LogP contribution in [0.25, 0.3) is 21.8 Å². The lowest BCUT2D eigenvalue weighted by molar-refractivity contribution is -0.118. The number of para-hydroxylation sites is 2. The standard InChI is InChI=1S/C24H24N2O2/c1-4-26-21-11-6-5-10-19(21)20-14-18(12-13-22(20)26)25-23(27)15-28-24-16(2)8-7-9-17(24)3/h5-14H,4,15H2,1-3H3,(H,25,27). The Bertz CT molecular complexity index is 1150. The first-order valence-corrected chi connectivity index (χ1v) is 9.58. The van der Waals surface area contributed by atoms with Gasteiger partial charge in [0.2, 0.25) is 0 Å². The molecule has 0 unspecified atom stereocenters. The molecule has 0 atom stereocenters. The van der Waals surface area contributed by atoms with Crippen LogP contribution in [0.5, 0.6) is 5.75 Å². The summed E-state index contributed by atoms with van der Waals surface area (Å²) in [6.45, 7) is 7.00. The van der Waals surface area contributed by atoms with Gasteiger partial charge in [0.1, 0.15) is 5.75 Å². The van der Waals surface area contributed by atoms with Gasteiger partial charge in [0.15, 0.2) is 6.61 Å². The normalized spacial score (nSPS) is 11.1. The second-order valence-corrected chi connectivity index (χ2v) is 7.05. The Labute approximate surface area is 164 Å². The number of amides is 1. The van der Waals surface area contributed by atoms with Crippen LogP contribution in [0.4, 0.5) is 5.69 Å². The van der Waals surface area contributed by atoms with E-state index in [0.717, 1.165) is 34.5 Å². The fourth-order valence-electron chi connectivity index (χ4n) is 3.83. The summed E-state index contributed by atoms with van der Waals surface area (Å²) in [4.78, 5) is 12.4. The summed E-state index contributed by atoms with van der Waals surface area (Å²) in [5.74, 6) is 0.611. The smallest absolute Gasteiger partial charge is 0.262 e. The van der Waals surface area contributed by atoms with Crippen LogP contribution < -0.4 is 10.1 Å². The quantitative estimate of drug-likeness (QED) is 0.506. The number of aryl methyl sites for hydroxylation is 3. The minimum Gasteiger partial charge on any atom is -0.483 e. The Morgan fingerprint density at radius 1 is 0.929 bits per heavy atom. The Balaban J connectivity index is 1.56. The van der Waals surface area contributed by atoms with Crippen LogP contribution in [0.15, 0.2) is 60.7 Å². The van der Waals surface area contributed by atoms with Gasteiger partial charge in [-0.1, -0.05) is 36.4 Å². The van der Waals surface area contributed by atoms with Gasteiger partial charge in [-0.05, 0) is 56.2 Å². The maximum atomic E-state index is 12.4. The van der Waals surface area contributed by atoms with E-state index in [1.807, 2.05) is 50.2 Å². The van der Waals surface area contributed by atoms with Crippen molar-refractivity contribution < 1.29 is 9.53 Å². The number of nitrogens with zero attached hydrogens (tertiary/aromatic N) is 1. The first-order valence-electron chi connectivity index (χ1n) is 9.58. The van der Waals surface area contributed by atoms with E-state index in [9.17, 15) is 4.79 Å². The number of fused-ring (bicyclic) bond motifs is 3. The second-order valence-electron chi connectivity index (χ2n) is 7.05. The van der Waals surface area contributed by atoms with Gasteiger partial charge in [-0.3, -0.25) is 4.79 Å². The lowest BCUT2D eigenvalue weighted by Crippen LogP contribution is -2.20. The van der Waals surface area contributed by atoms with E-state index in [4.69, 9.17) is 4.74 Å². The molecule has 4 rings (SSSR count). The predicted octanol–water partition coefficient (Wildman–Crippen LogP) is 5.45. The highest BCUT2D eigenvalue weighted by Gasteiger charge is 2.12. The summed E-state index contributed by atoms with van der Waals surface area (Å²) < 4.78 is 8.06. The molecular weight excluding hydrogens is 348 g/mol. The van der Waals surface area contributed by atoms with Crippen LogP contribution in [0.3, 0.4) is 0 Å². The highest BCUT2D eigenvalue weighted by molar-refractivity contribution is 6.09. The average Bonchev–Trinajstić information content (AvgIpc) is 3.01. The molecule has 0 aliphatic heterocycles. The van der Waals surface area contributed by atoms with Crippen molar-refractivity contribution in [3.8, 4) is 5.75 Å². The van der Waals surface area contributed by atoms with Gasteiger partial charge in [0.05, 0.1) is 0 Å². The van der Waals surface area contributed by atoms with Gasteiger partial charge in [-0.25, -0.2) is 0 Å². The highest BCUT2D eigenvalue weighted by atomic mass is 16.5. The molecule has 0 radical (unpaired) electrons. The molecule has 1 aromatic heterocycles. The molecule has 1 amide bonds. The number of carbonyl (C=O) groups excluding carboxylic acids is 1. The number of hydrogen-bond donors (Lipinski definition) is 1. The van der Waals surface area contributed by atoms with Crippen molar-refractivity contribution in [2.24, 2.45) is 0 Å². The monoisotopic (exact) mass is 372 g/mol. The Morgan fingerprint density at radius 3 is 2.39 bits per heavy atom. The first kappa shape index (κ1) is 18.1. The van der Waals surface area contributed by atoms with E-state index >= 15 is 0 Å². The molecule has 4 aromatic rings. The Hall–Kier alpha value is -3.27. The van der Waals surface area contributed by atoms with Gasteiger partial charge in [0.25, 0.3) is 5.91 Å². The van der Waals surface area contributed by atoms with Crippen LogP contribution in [-0.2, 0) is 11.3 Å². The molecule has 4 nitrogen and oxygen atoms in total. The number of hydrogen-bond acceptors (Lipinski definition) is 2. The molecule has 0 spiro atoms. The third-order valence-corrected chi connectivity index (χ3v) is 5.13. The number of carbonyl (C=O) groups is 1. The summed E-state index contributed by atoms with van der Waals surface area (Å²) in [5.41, 5.74) is 5.22. The fourth-order valence-corrected chi connectivity index (χ4v) is 3.83. The number of ether oxygens (including phenoxy) is 1. The highest BCUT2D eigenvalue weighted by Crippen LogP contribution is 2.31. The lowest BCUT2D eigenvalue weighted by Gasteiger charge is -2.12. The Kier molecular flexibility index (Phi) is 4.78. The van der Waals surface area contributed by atoms with Gasteiger partial charge in [-0.2, -0.15) is 0 Å². The van der Waals surface area contributed by atoms with E-state index in [2.05, 4.69) is 41.1 Å². The van der Waals surface area contributed by atoms with E-state index in [-0.39, 0.29) is 12.5 Å². The zero-order valence-electron chi connectivity index (χ0n) is 16.5. The van der Waals surface area contributed by atoms with Gasteiger partial charge in [0, 0.05) is 34.0 Å².